The van der Waals surface area contributed by atoms with E-state index in [2.05, 4.69) is 55.6 Å². The molecule has 0 bridgehead atoms. The van der Waals surface area contributed by atoms with E-state index in [0.29, 0.717) is 19.4 Å². The summed E-state index contributed by atoms with van der Waals surface area (Å²) in [5.41, 5.74) is 0. The zero-order valence-corrected chi connectivity index (χ0v) is 48.2. The van der Waals surface area contributed by atoms with Gasteiger partial charge in [0.2, 0.25) is 5.91 Å². The van der Waals surface area contributed by atoms with Gasteiger partial charge in [0.25, 0.3) is 0 Å². The number of carbonyl (C=O) groups excluding carboxylic acids is 2. The molecule has 0 saturated carbocycles. The quantitative estimate of drug-likeness (QED) is 0.0320. The summed E-state index contributed by atoms with van der Waals surface area (Å²) < 4.78 is 5.47. The highest BCUT2D eigenvalue weighted by Gasteiger charge is 2.18. The van der Waals surface area contributed by atoms with E-state index in [9.17, 15) is 19.8 Å². The fourth-order valence-electron chi connectivity index (χ4n) is 9.65. The lowest BCUT2D eigenvalue weighted by atomic mass is 10.0. The number of ether oxygens (including phenoxy) is 1. The van der Waals surface area contributed by atoms with Crippen molar-refractivity contribution in [3.05, 3.63) is 48.6 Å². The van der Waals surface area contributed by atoms with Gasteiger partial charge in [-0.25, -0.2) is 0 Å². The van der Waals surface area contributed by atoms with E-state index in [1.54, 1.807) is 6.08 Å². The maximum atomic E-state index is 12.5. The minimum atomic E-state index is -0.844. The van der Waals surface area contributed by atoms with Crippen molar-refractivity contribution in [2.24, 2.45) is 0 Å². The van der Waals surface area contributed by atoms with E-state index in [4.69, 9.17) is 4.74 Å². The Morgan fingerprint density at radius 3 is 1.11 bits per heavy atom. The predicted octanol–water partition coefficient (Wildman–Crippen LogP) is 20.1. The average molecular weight is 1010 g/mol. The topological polar surface area (TPSA) is 95.9 Å². The van der Waals surface area contributed by atoms with Gasteiger partial charge in [0.15, 0.2) is 0 Å². The summed E-state index contributed by atoms with van der Waals surface area (Å²) in [6.45, 7) is 4.86. The Morgan fingerprint density at radius 1 is 0.389 bits per heavy atom. The molecule has 6 nitrogen and oxygen atoms in total. The number of hydrogen-bond acceptors (Lipinski definition) is 5. The van der Waals surface area contributed by atoms with Gasteiger partial charge in [-0.3, -0.25) is 9.59 Å². The van der Waals surface area contributed by atoms with Crippen molar-refractivity contribution in [2.45, 2.75) is 347 Å². The molecule has 0 heterocycles. The molecule has 6 heteroatoms. The molecule has 0 aromatic carbocycles. The van der Waals surface area contributed by atoms with E-state index in [0.717, 1.165) is 51.4 Å². The SMILES string of the molecule is CCCC/C=C\C/C=C\CCCCCCCC(=O)OCCCCCCCCCCCCCC/C=C\CCCCCCCCCCCCCCC(=O)NC(CO)C(O)/C=C/CCCCCCCCCCCCC. The Hall–Kier alpha value is -2.18. The summed E-state index contributed by atoms with van der Waals surface area (Å²) in [6, 6.07) is -0.627. The molecule has 1 amide bonds. The van der Waals surface area contributed by atoms with Crippen LogP contribution in [0.4, 0.5) is 0 Å². The summed E-state index contributed by atoms with van der Waals surface area (Å²) in [7, 11) is 0. The van der Waals surface area contributed by atoms with Gasteiger partial charge in [-0.05, 0) is 83.5 Å². The second-order valence-corrected chi connectivity index (χ2v) is 21.7. The molecule has 0 aliphatic rings. The second kappa shape index (κ2) is 61.4. The number of hydrogen-bond donors (Lipinski definition) is 3. The maximum Gasteiger partial charge on any atom is 0.305 e. The highest BCUT2D eigenvalue weighted by atomic mass is 16.5. The van der Waals surface area contributed by atoms with Crippen LogP contribution in [0.2, 0.25) is 0 Å². The smallest absolute Gasteiger partial charge is 0.305 e. The molecule has 0 aromatic heterocycles. The van der Waals surface area contributed by atoms with Crippen LogP contribution in [0.5, 0.6) is 0 Å². The monoisotopic (exact) mass is 1010 g/mol. The maximum absolute atomic E-state index is 12.5. The van der Waals surface area contributed by atoms with Gasteiger partial charge < -0.3 is 20.3 Å². The third-order valence-corrected chi connectivity index (χ3v) is 14.6. The van der Waals surface area contributed by atoms with E-state index < -0.39 is 12.1 Å². The van der Waals surface area contributed by atoms with Crippen LogP contribution in [0.25, 0.3) is 0 Å². The van der Waals surface area contributed by atoms with E-state index in [1.165, 1.54) is 257 Å². The lowest BCUT2D eigenvalue weighted by Crippen LogP contribution is -2.45. The summed E-state index contributed by atoms with van der Waals surface area (Å²) in [4.78, 5) is 24.5. The number of aliphatic hydroxyl groups is 2. The zero-order valence-electron chi connectivity index (χ0n) is 48.2. The number of esters is 1. The van der Waals surface area contributed by atoms with Gasteiger partial charge >= 0.3 is 5.97 Å². The molecule has 72 heavy (non-hydrogen) atoms. The summed E-state index contributed by atoms with van der Waals surface area (Å²) >= 11 is 0. The number of allylic oxidation sites excluding steroid dienone is 7. The van der Waals surface area contributed by atoms with Crippen LogP contribution in [0.1, 0.15) is 335 Å². The average Bonchev–Trinajstić information content (AvgIpc) is 3.38. The van der Waals surface area contributed by atoms with E-state index in [-0.39, 0.29) is 18.5 Å². The van der Waals surface area contributed by atoms with Gasteiger partial charge in [-0.2, -0.15) is 0 Å². The van der Waals surface area contributed by atoms with E-state index >= 15 is 0 Å². The van der Waals surface area contributed by atoms with Gasteiger partial charge in [0, 0.05) is 12.8 Å². The molecule has 0 radical (unpaired) electrons. The minimum Gasteiger partial charge on any atom is -0.466 e. The molecule has 0 spiro atoms. The first-order chi connectivity index (χ1) is 35.5. The molecule has 2 atom stereocenters. The standard InChI is InChI=1S/C66H123NO5/c1-3-5-7-9-11-13-15-17-36-40-44-48-52-56-60-66(71)72-61-57-53-49-45-41-37-33-31-29-27-25-23-21-19-18-20-22-24-26-28-30-32-35-39-43-47-51-55-59-65(70)67-63(62-68)64(69)58-54-50-46-42-38-34-16-14-12-10-8-6-4-2/h9,11,15,17-19,54,58,63-64,68-69H,3-8,10,12-14,16,20-53,55-57,59-62H2,1-2H3,(H,67,70)/b11-9-,17-15-,19-18-,58-54+. The minimum absolute atomic E-state index is 0.000474. The largest absolute Gasteiger partial charge is 0.466 e. The van der Waals surface area contributed by atoms with Crippen molar-refractivity contribution in [1.82, 2.24) is 5.32 Å². The highest BCUT2D eigenvalue weighted by Crippen LogP contribution is 2.17. The molecule has 0 aliphatic carbocycles. The number of unbranched alkanes of at least 4 members (excludes halogenated alkanes) is 42. The molecule has 3 N–H and O–H groups in total. The number of nitrogens with one attached hydrogen (secondary N) is 1. The summed E-state index contributed by atoms with van der Waals surface area (Å²) in [6.07, 6.45) is 78.8. The van der Waals surface area contributed by atoms with Crippen LogP contribution >= 0.6 is 0 Å². The molecule has 2 unspecified atom stereocenters. The van der Waals surface area contributed by atoms with Crippen LogP contribution in [0.3, 0.4) is 0 Å². The third-order valence-electron chi connectivity index (χ3n) is 14.6. The van der Waals surface area contributed by atoms with Crippen molar-refractivity contribution >= 4 is 11.9 Å². The predicted molar refractivity (Wildman–Crippen MR) is 315 cm³/mol. The fraction of sp³-hybridized carbons (Fsp3) is 0.848. The first-order valence-corrected chi connectivity index (χ1v) is 31.9. The molecule has 0 aliphatic heterocycles. The van der Waals surface area contributed by atoms with Gasteiger partial charge in [0.05, 0.1) is 25.4 Å². The van der Waals surface area contributed by atoms with Crippen molar-refractivity contribution in [3.8, 4) is 0 Å². The molecular weight excluding hydrogens is 887 g/mol. The molecule has 422 valence electrons. The lowest BCUT2D eigenvalue weighted by Gasteiger charge is -2.20. The number of amides is 1. The molecule has 0 fully saturated rings. The Kier molecular flexibility index (Phi) is 59.5. The molecule has 0 aromatic rings. The zero-order chi connectivity index (χ0) is 52.2. The summed E-state index contributed by atoms with van der Waals surface area (Å²) in [5, 5.41) is 23.1. The van der Waals surface area contributed by atoms with E-state index in [1.807, 2.05) is 6.08 Å². The Bertz CT molecular complexity index is 1210. The number of rotatable bonds is 59. The highest BCUT2D eigenvalue weighted by molar-refractivity contribution is 5.76. The van der Waals surface area contributed by atoms with Crippen LogP contribution in [-0.4, -0.2) is 47.4 Å². The second-order valence-electron chi connectivity index (χ2n) is 21.7. The molecule has 0 saturated heterocycles. The number of aliphatic hydroxyl groups excluding tert-OH is 2. The van der Waals surface area contributed by atoms with Gasteiger partial charge in [0.1, 0.15) is 0 Å². The van der Waals surface area contributed by atoms with Crippen molar-refractivity contribution in [1.29, 1.82) is 0 Å². The number of carbonyl (C=O) groups is 2. The Morgan fingerprint density at radius 2 is 0.708 bits per heavy atom. The van der Waals surface area contributed by atoms with Crippen molar-refractivity contribution in [3.63, 3.8) is 0 Å². The first kappa shape index (κ1) is 69.8. The normalized spacial score (nSPS) is 12.9. The first-order valence-electron chi connectivity index (χ1n) is 31.9. The Labute approximate surface area is 448 Å². The van der Waals surface area contributed by atoms with Crippen molar-refractivity contribution < 1.29 is 24.5 Å². The van der Waals surface area contributed by atoms with Gasteiger partial charge in [-0.1, -0.05) is 287 Å². The van der Waals surface area contributed by atoms with Crippen molar-refractivity contribution in [2.75, 3.05) is 13.2 Å². The van der Waals surface area contributed by atoms with Crippen LogP contribution in [0.15, 0.2) is 48.6 Å². The molecular formula is C66H123NO5. The van der Waals surface area contributed by atoms with Crippen LogP contribution in [-0.2, 0) is 14.3 Å². The summed E-state index contributed by atoms with van der Waals surface area (Å²) in [5.74, 6) is -0.0674. The Balaban J connectivity index is 3.39. The van der Waals surface area contributed by atoms with Crippen LogP contribution < -0.4 is 5.32 Å². The van der Waals surface area contributed by atoms with Crippen LogP contribution in [0, 0.1) is 0 Å². The fourth-order valence-corrected chi connectivity index (χ4v) is 9.65. The molecule has 0 rings (SSSR count). The van der Waals surface area contributed by atoms with Gasteiger partial charge in [-0.15, -0.1) is 0 Å². The third kappa shape index (κ3) is 57.1. The lowest BCUT2D eigenvalue weighted by molar-refractivity contribution is -0.143.